The summed E-state index contributed by atoms with van der Waals surface area (Å²) in [5.74, 6) is 1.66. The number of carbonyl (C=O) groups is 1. The van der Waals surface area contributed by atoms with Crippen LogP contribution in [0.5, 0.6) is 0 Å². The van der Waals surface area contributed by atoms with Gasteiger partial charge in [0.05, 0.1) is 6.10 Å². The van der Waals surface area contributed by atoms with Crippen molar-refractivity contribution in [2.75, 3.05) is 0 Å². The predicted molar refractivity (Wildman–Crippen MR) is 75.6 cm³/mol. The molecule has 4 saturated carbocycles. The minimum atomic E-state index is -0.318. The topological polar surface area (TPSA) is 37.3 Å². The third kappa shape index (κ3) is 1.30. The number of hydrogen-bond acceptors (Lipinski definition) is 2. The molecule has 2 nitrogen and oxygen atoms in total. The van der Waals surface area contributed by atoms with Gasteiger partial charge in [-0.25, -0.2) is 0 Å². The Balaban J connectivity index is 2.18. The quantitative estimate of drug-likeness (QED) is 0.788. The number of rotatable bonds is 1. The van der Waals surface area contributed by atoms with Crippen molar-refractivity contribution >= 4 is 5.78 Å². The summed E-state index contributed by atoms with van der Waals surface area (Å²) in [5.41, 5.74) is 0.0380. The Hall–Kier alpha value is -0.370. The monoisotopic (exact) mass is 264 g/mol. The maximum Gasteiger partial charge on any atom is 0.133 e. The van der Waals surface area contributed by atoms with E-state index < -0.39 is 0 Å². The van der Waals surface area contributed by atoms with Crippen LogP contribution < -0.4 is 0 Å². The molecule has 2 heteroatoms. The lowest BCUT2D eigenvalue weighted by atomic mass is 9.35. The Kier molecular flexibility index (Phi) is 2.60. The Morgan fingerprint density at radius 1 is 1.16 bits per heavy atom. The molecule has 0 saturated heterocycles. The Bertz CT molecular complexity index is 427. The maximum absolute atomic E-state index is 12.2. The van der Waals surface area contributed by atoms with Gasteiger partial charge < -0.3 is 5.11 Å². The zero-order chi connectivity index (χ0) is 14.2. The van der Waals surface area contributed by atoms with Crippen molar-refractivity contribution in [3.05, 3.63) is 0 Å². The predicted octanol–water partition coefficient (Wildman–Crippen LogP) is 3.42. The highest BCUT2D eigenvalue weighted by Gasteiger charge is 2.72. The van der Waals surface area contributed by atoms with E-state index in [0.717, 1.165) is 12.8 Å². The smallest absolute Gasteiger partial charge is 0.133 e. The summed E-state index contributed by atoms with van der Waals surface area (Å²) < 4.78 is 0. The van der Waals surface area contributed by atoms with Gasteiger partial charge in [-0.2, -0.15) is 0 Å². The van der Waals surface area contributed by atoms with E-state index in [-0.39, 0.29) is 34.1 Å². The number of aliphatic hydroxyl groups is 1. The lowest BCUT2D eigenvalue weighted by Crippen LogP contribution is -2.68. The Morgan fingerprint density at radius 3 is 2.37 bits per heavy atom. The van der Waals surface area contributed by atoms with Crippen LogP contribution in [0.15, 0.2) is 0 Å². The number of carbonyl (C=O) groups excluding carboxylic acids is 1. The third-order valence-corrected chi connectivity index (χ3v) is 7.89. The molecular formula is C17H28O2. The van der Waals surface area contributed by atoms with Crippen LogP contribution in [-0.4, -0.2) is 17.0 Å². The molecule has 19 heavy (non-hydrogen) atoms. The van der Waals surface area contributed by atoms with Gasteiger partial charge in [-0.15, -0.1) is 0 Å². The molecule has 4 fully saturated rings. The van der Waals surface area contributed by atoms with Crippen LogP contribution in [0.3, 0.4) is 0 Å². The van der Waals surface area contributed by atoms with Gasteiger partial charge in [-0.3, -0.25) is 4.79 Å². The normalized spacial score (nSPS) is 55.1. The van der Waals surface area contributed by atoms with Crippen LogP contribution in [0.1, 0.15) is 60.3 Å². The van der Waals surface area contributed by atoms with Crippen molar-refractivity contribution in [2.24, 2.45) is 34.0 Å². The molecule has 0 aromatic heterocycles. The molecule has 2 bridgehead atoms. The summed E-state index contributed by atoms with van der Waals surface area (Å²) in [7, 11) is 0. The molecule has 0 aromatic rings. The average Bonchev–Trinajstić information content (AvgIpc) is 2.61. The lowest BCUT2D eigenvalue weighted by molar-refractivity contribution is -0.249. The molecule has 6 atom stereocenters. The second-order valence-electron chi connectivity index (χ2n) is 8.36. The van der Waals surface area contributed by atoms with E-state index in [1.807, 2.05) is 0 Å². The Morgan fingerprint density at radius 2 is 1.79 bits per heavy atom. The van der Waals surface area contributed by atoms with E-state index in [1.165, 1.54) is 12.8 Å². The fourth-order valence-electron chi connectivity index (χ4n) is 6.40. The second-order valence-corrected chi connectivity index (χ2v) is 8.36. The van der Waals surface area contributed by atoms with Gasteiger partial charge in [0, 0.05) is 11.3 Å². The van der Waals surface area contributed by atoms with E-state index in [4.69, 9.17) is 0 Å². The van der Waals surface area contributed by atoms with Crippen LogP contribution in [0.4, 0.5) is 0 Å². The highest BCUT2D eigenvalue weighted by Crippen LogP contribution is 2.75. The molecule has 4 unspecified atom stereocenters. The van der Waals surface area contributed by atoms with Gasteiger partial charge >= 0.3 is 0 Å². The summed E-state index contributed by atoms with van der Waals surface area (Å²) in [6, 6.07) is 0. The highest BCUT2D eigenvalue weighted by atomic mass is 16.3. The van der Waals surface area contributed by atoms with E-state index in [1.54, 1.807) is 6.92 Å². The van der Waals surface area contributed by atoms with Crippen LogP contribution in [0, 0.1) is 34.0 Å². The van der Waals surface area contributed by atoms with Crippen molar-refractivity contribution in [2.45, 2.75) is 66.4 Å². The summed E-state index contributed by atoms with van der Waals surface area (Å²) in [6.45, 7) is 10.9. The molecule has 0 heterocycles. The number of hydrogen-bond donors (Lipinski definition) is 1. The molecule has 0 amide bonds. The van der Waals surface area contributed by atoms with Crippen molar-refractivity contribution in [3.8, 4) is 0 Å². The molecule has 0 aromatic carbocycles. The van der Waals surface area contributed by atoms with Crippen molar-refractivity contribution < 1.29 is 9.90 Å². The molecule has 1 N–H and O–H groups in total. The third-order valence-electron chi connectivity index (χ3n) is 7.89. The van der Waals surface area contributed by atoms with E-state index in [9.17, 15) is 9.90 Å². The van der Waals surface area contributed by atoms with Crippen LogP contribution in [-0.2, 0) is 4.79 Å². The standard InChI is InChI=1S/C17H28O2/c1-10-6-7-13-15(3,4)16(5)12(11(2)18)8-17(10,13)9-14(16)19/h10,12-14,19H,6-9H2,1-5H3/t10?,12?,13?,14?,16-,17+/m1/s1. The first-order valence-electron chi connectivity index (χ1n) is 7.86. The fourth-order valence-corrected chi connectivity index (χ4v) is 6.40. The van der Waals surface area contributed by atoms with Crippen molar-refractivity contribution in [1.82, 2.24) is 0 Å². The van der Waals surface area contributed by atoms with Crippen molar-refractivity contribution in [1.29, 1.82) is 0 Å². The first-order chi connectivity index (χ1) is 8.68. The van der Waals surface area contributed by atoms with Gasteiger partial charge in [0.2, 0.25) is 0 Å². The van der Waals surface area contributed by atoms with E-state index in [0.29, 0.717) is 11.8 Å². The largest absolute Gasteiger partial charge is 0.392 e. The van der Waals surface area contributed by atoms with Gasteiger partial charge in [0.25, 0.3) is 0 Å². The number of fused-ring (bicyclic) bond motifs is 2. The van der Waals surface area contributed by atoms with Gasteiger partial charge in [-0.1, -0.05) is 27.7 Å². The zero-order valence-electron chi connectivity index (χ0n) is 13.0. The number of ketones is 1. The van der Waals surface area contributed by atoms with Crippen LogP contribution in [0.2, 0.25) is 0 Å². The molecule has 108 valence electrons. The van der Waals surface area contributed by atoms with Gasteiger partial charge in [-0.05, 0) is 55.3 Å². The van der Waals surface area contributed by atoms with E-state index in [2.05, 4.69) is 27.7 Å². The Labute approximate surface area is 117 Å². The molecule has 4 rings (SSSR count). The zero-order valence-corrected chi connectivity index (χ0v) is 13.0. The average molecular weight is 264 g/mol. The molecular weight excluding hydrogens is 236 g/mol. The van der Waals surface area contributed by atoms with Gasteiger partial charge in [0.15, 0.2) is 0 Å². The lowest BCUT2D eigenvalue weighted by Gasteiger charge is -2.69. The van der Waals surface area contributed by atoms with E-state index >= 15 is 0 Å². The van der Waals surface area contributed by atoms with Crippen molar-refractivity contribution in [3.63, 3.8) is 0 Å². The number of aliphatic hydroxyl groups excluding tert-OH is 1. The molecule has 4 aliphatic rings. The highest BCUT2D eigenvalue weighted by molar-refractivity contribution is 5.80. The summed E-state index contributed by atoms with van der Waals surface area (Å²) >= 11 is 0. The fraction of sp³-hybridized carbons (Fsp3) is 0.941. The minimum Gasteiger partial charge on any atom is -0.392 e. The van der Waals surface area contributed by atoms with Crippen LogP contribution >= 0.6 is 0 Å². The molecule has 0 aliphatic heterocycles. The molecule has 1 spiro atoms. The molecule has 4 aliphatic carbocycles. The van der Waals surface area contributed by atoms with Gasteiger partial charge in [0.1, 0.15) is 5.78 Å². The SMILES string of the molecule is CC(=O)C1C[C@@]23CC(O)[C@]1(C)C(C)(C)C2CCC3C. The summed E-state index contributed by atoms with van der Waals surface area (Å²) in [5, 5.41) is 10.8. The first kappa shape index (κ1) is 13.6. The molecule has 0 radical (unpaired) electrons. The summed E-state index contributed by atoms with van der Waals surface area (Å²) in [4.78, 5) is 12.2. The second kappa shape index (κ2) is 3.63. The minimum absolute atomic E-state index is 0.0445. The number of Topliss-reactive ketones (excluding diaryl/α,β-unsaturated/α-hetero) is 1. The van der Waals surface area contributed by atoms with Crippen LogP contribution in [0.25, 0.3) is 0 Å². The summed E-state index contributed by atoms with van der Waals surface area (Å²) in [6.07, 6.45) is 4.16. The first-order valence-corrected chi connectivity index (χ1v) is 7.86. The maximum atomic E-state index is 12.2.